The number of halogens is 1. The molecule has 0 saturated carbocycles. The standard InChI is InChI=1S/C21H15BrN2O4S2/c1-2-28-16(25)11-23-15-6-4-3-5-14(15)17(19(23)26)18-20(27)24(21(29)30-18)13-9-7-12(22)8-10-13/h3-10H,2,11H2,1H3. The van der Waals surface area contributed by atoms with E-state index in [1.54, 1.807) is 43.3 Å². The minimum atomic E-state index is -0.510. The van der Waals surface area contributed by atoms with Gasteiger partial charge in [0.2, 0.25) is 0 Å². The molecule has 0 bridgehead atoms. The van der Waals surface area contributed by atoms with Crippen LogP contribution in [0.5, 0.6) is 0 Å². The molecule has 2 aromatic carbocycles. The fourth-order valence-corrected chi connectivity index (χ4v) is 4.96. The normalized spacial score (nSPS) is 18.3. The van der Waals surface area contributed by atoms with E-state index in [-0.39, 0.29) is 29.5 Å². The molecule has 2 aliphatic heterocycles. The molecule has 0 atom stereocenters. The first kappa shape index (κ1) is 20.8. The van der Waals surface area contributed by atoms with Gasteiger partial charge >= 0.3 is 5.97 Å². The van der Waals surface area contributed by atoms with Gasteiger partial charge in [-0.05, 0) is 37.3 Å². The van der Waals surface area contributed by atoms with Crippen LogP contribution in [0.25, 0.3) is 5.57 Å². The van der Waals surface area contributed by atoms with Gasteiger partial charge in [0.1, 0.15) is 6.54 Å². The number of esters is 1. The average molecular weight is 503 g/mol. The van der Waals surface area contributed by atoms with E-state index in [9.17, 15) is 14.4 Å². The van der Waals surface area contributed by atoms with Crippen molar-refractivity contribution in [2.45, 2.75) is 6.92 Å². The van der Waals surface area contributed by atoms with Gasteiger partial charge in [-0.1, -0.05) is 58.1 Å². The highest BCUT2D eigenvalue weighted by Gasteiger charge is 2.43. The number of thiocarbonyl (C=S) groups is 1. The maximum absolute atomic E-state index is 13.3. The zero-order valence-corrected chi connectivity index (χ0v) is 19.0. The number of anilines is 2. The summed E-state index contributed by atoms with van der Waals surface area (Å²) in [6, 6.07) is 14.3. The Balaban J connectivity index is 1.76. The molecule has 30 heavy (non-hydrogen) atoms. The number of hydrogen-bond donors (Lipinski definition) is 0. The molecule has 0 radical (unpaired) electrons. The predicted molar refractivity (Wildman–Crippen MR) is 124 cm³/mol. The average Bonchev–Trinajstić information content (AvgIpc) is 3.16. The number of carbonyl (C=O) groups excluding carboxylic acids is 3. The summed E-state index contributed by atoms with van der Waals surface area (Å²) < 4.78 is 6.22. The van der Waals surface area contributed by atoms with E-state index in [1.807, 2.05) is 12.1 Å². The third kappa shape index (κ3) is 3.57. The second-order valence-electron chi connectivity index (χ2n) is 6.40. The molecule has 2 aromatic rings. The van der Waals surface area contributed by atoms with E-state index < -0.39 is 11.9 Å². The number of ether oxygens (including phenoxy) is 1. The molecule has 0 aliphatic carbocycles. The van der Waals surface area contributed by atoms with Crippen molar-refractivity contribution in [2.24, 2.45) is 0 Å². The lowest BCUT2D eigenvalue weighted by Crippen LogP contribution is -2.34. The van der Waals surface area contributed by atoms with Crippen molar-refractivity contribution in [1.29, 1.82) is 0 Å². The van der Waals surface area contributed by atoms with Gasteiger partial charge in [-0.15, -0.1) is 0 Å². The molecular formula is C21H15BrN2O4S2. The molecular weight excluding hydrogens is 488 g/mol. The number of nitrogens with zero attached hydrogens (tertiary/aromatic N) is 2. The van der Waals surface area contributed by atoms with Crippen molar-refractivity contribution < 1.29 is 19.1 Å². The smallest absolute Gasteiger partial charge is 0.326 e. The van der Waals surface area contributed by atoms with Gasteiger partial charge in [0.05, 0.1) is 28.5 Å². The summed E-state index contributed by atoms with van der Waals surface area (Å²) in [5, 5.41) is 0. The quantitative estimate of drug-likeness (QED) is 0.355. The third-order valence-corrected chi connectivity index (χ3v) is 6.50. The van der Waals surface area contributed by atoms with Crippen molar-refractivity contribution in [3.05, 3.63) is 63.5 Å². The SMILES string of the molecule is CCOC(=O)CN1C(=O)C(=C2SC(=S)N(c3ccc(Br)cc3)C2=O)c2ccccc21. The number of rotatable bonds is 4. The molecule has 0 spiro atoms. The van der Waals surface area contributed by atoms with E-state index in [1.165, 1.54) is 9.80 Å². The van der Waals surface area contributed by atoms with Crippen LogP contribution < -0.4 is 9.80 Å². The summed E-state index contributed by atoms with van der Waals surface area (Å²) in [4.78, 5) is 41.6. The first-order valence-electron chi connectivity index (χ1n) is 9.05. The molecule has 6 nitrogen and oxygen atoms in total. The highest BCUT2D eigenvalue weighted by Crippen LogP contribution is 2.45. The van der Waals surface area contributed by atoms with Crippen LogP contribution in [0.3, 0.4) is 0 Å². The van der Waals surface area contributed by atoms with Gasteiger partial charge in [-0.2, -0.15) is 0 Å². The molecule has 1 fully saturated rings. The van der Waals surface area contributed by atoms with Crippen LogP contribution in [-0.4, -0.2) is 35.3 Å². The van der Waals surface area contributed by atoms with E-state index in [4.69, 9.17) is 17.0 Å². The minimum absolute atomic E-state index is 0.222. The van der Waals surface area contributed by atoms with Gasteiger partial charge in [0.25, 0.3) is 11.8 Å². The number of amides is 2. The van der Waals surface area contributed by atoms with Crippen molar-refractivity contribution >= 4 is 79.0 Å². The van der Waals surface area contributed by atoms with Crippen molar-refractivity contribution in [3.8, 4) is 0 Å². The lowest BCUT2D eigenvalue weighted by molar-refractivity contribution is -0.142. The topological polar surface area (TPSA) is 66.9 Å². The Morgan fingerprint density at radius 3 is 2.50 bits per heavy atom. The van der Waals surface area contributed by atoms with Crippen LogP contribution >= 0.6 is 39.9 Å². The molecule has 4 rings (SSSR count). The first-order chi connectivity index (χ1) is 14.4. The van der Waals surface area contributed by atoms with E-state index in [2.05, 4.69) is 15.9 Å². The number of carbonyl (C=O) groups is 3. The molecule has 0 aromatic heterocycles. The monoisotopic (exact) mass is 502 g/mol. The molecule has 9 heteroatoms. The zero-order valence-electron chi connectivity index (χ0n) is 15.8. The van der Waals surface area contributed by atoms with E-state index in [0.29, 0.717) is 21.3 Å². The molecule has 2 amide bonds. The van der Waals surface area contributed by atoms with Crippen LogP contribution in [-0.2, 0) is 19.1 Å². The van der Waals surface area contributed by atoms with Crippen molar-refractivity contribution in [2.75, 3.05) is 23.0 Å². The van der Waals surface area contributed by atoms with Crippen LogP contribution in [0.2, 0.25) is 0 Å². The summed E-state index contributed by atoms with van der Waals surface area (Å²) in [7, 11) is 0. The third-order valence-electron chi connectivity index (χ3n) is 4.60. The highest BCUT2D eigenvalue weighted by atomic mass is 79.9. The second-order valence-corrected chi connectivity index (χ2v) is 8.96. The summed E-state index contributed by atoms with van der Waals surface area (Å²) in [5.41, 5.74) is 2.05. The van der Waals surface area contributed by atoms with Gasteiger partial charge in [0.15, 0.2) is 4.32 Å². The molecule has 0 N–H and O–H groups in total. The Kier molecular flexibility index (Phi) is 5.77. The maximum atomic E-state index is 13.3. The Morgan fingerprint density at radius 1 is 1.10 bits per heavy atom. The summed E-state index contributed by atoms with van der Waals surface area (Å²) in [6.07, 6.45) is 0. The van der Waals surface area contributed by atoms with Crippen molar-refractivity contribution in [3.63, 3.8) is 0 Å². The Labute approximate surface area is 191 Å². The summed E-state index contributed by atoms with van der Waals surface area (Å²) >= 11 is 9.90. The van der Waals surface area contributed by atoms with Crippen LogP contribution in [0.15, 0.2) is 57.9 Å². The largest absolute Gasteiger partial charge is 0.465 e. The number of fused-ring (bicyclic) bond motifs is 1. The molecule has 2 heterocycles. The molecule has 2 aliphatic rings. The Hall–Kier alpha value is -2.49. The number of benzene rings is 2. The minimum Gasteiger partial charge on any atom is -0.465 e. The van der Waals surface area contributed by atoms with Gasteiger partial charge in [-0.3, -0.25) is 24.2 Å². The number of thioether (sulfide) groups is 1. The molecule has 1 saturated heterocycles. The van der Waals surface area contributed by atoms with Gasteiger partial charge < -0.3 is 4.74 Å². The van der Waals surface area contributed by atoms with E-state index in [0.717, 1.165) is 16.2 Å². The lowest BCUT2D eigenvalue weighted by atomic mass is 10.1. The lowest BCUT2D eigenvalue weighted by Gasteiger charge is -2.16. The second kappa shape index (κ2) is 8.33. The zero-order chi connectivity index (χ0) is 21.4. The fourth-order valence-electron chi connectivity index (χ4n) is 3.32. The fraction of sp³-hybridized carbons (Fsp3) is 0.143. The maximum Gasteiger partial charge on any atom is 0.326 e. The number of hydrogen-bond acceptors (Lipinski definition) is 6. The van der Waals surface area contributed by atoms with Crippen LogP contribution in [0.4, 0.5) is 11.4 Å². The molecule has 0 unspecified atom stereocenters. The first-order valence-corrected chi connectivity index (χ1v) is 11.1. The predicted octanol–water partition coefficient (Wildman–Crippen LogP) is 4.13. The molecule has 152 valence electrons. The van der Waals surface area contributed by atoms with Crippen molar-refractivity contribution in [1.82, 2.24) is 0 Å². The van der Waals surface area contributed by atoms with Crippen LogP contribution in [0, 0.1) is 0 Å². The Morgan fingerprint density at radius 2 is 1.80 bits per heavy atom. The van der Waals surface area contributed by atoms with Gasteiger partial charge in [0, 0.05) is 10.0 Å². The van der Waals surface area contributed by atoms with Crippen LogP contribution in [0.1, 0.15) is 12.5 Å². The summed E-state index contributed by atoms with van der Waals surface area (Å²) in [6.45, 7) is 1.71. The van der Waals surface area contributed by atoms with E-state index >= 15 is 0 Å². The van der Waals surface area contributed by atoms with Gasteiger partial charge in [-0.25, -0.2) is 0 Å². The highest BCUT2D eigenvalue weighted by molar-refractivity contribution is 9.10. The Bertz CT molecular complexity index is 1110. The number of para-hydroxylation sites is 1. The summed E-state index contributed by atoms with van der Waals surface area (Å²) in [5.74, 6) is -1.28.